The van der Waals surface area contributed by atoms with E-state index in [4.69, 9.17) is 4.74 Å². The zero-order valence-corrected chi connectivity index (χ0v) is 11.4. The number of hydrogen-bond acceptors (Lipinski definition) is 3. The van der Waals surface area contributed by atoms with Gasteiger partial charge >= 0.3 is 0 Å². The van der Waals surface area contributed by atoms with Crippen LogP contribution in [0.1, 0.15) is 49.4 Å². The van der Waals surface area contributed by atoms with E-state index in [0.717, 1.165) is 19.4 Å². The summed E-state index contributed by atoms with van der Waals surface area (Å²) in [7, 11) is 0. The largest absolute Gasteiger partial charge is 0.477 e. The Bertz CT molecular complexity index is 469. The first-order valence-corrected chi connectivity index (χ1v) is 7.25. The number of amides is 1. The summed E-state index contributed by atoms with van der Waals surface area (Å²) in [6, 6.07) is 0.292. The molecule has 2 aliphatic rings. The molecule has 1 amide bonds. The Morgan fingerprint density at radius 1 is 1.42 bits per heavy atom. The quantitative estimate of drug-likeness (QED) is 0.887. The van der Waals surface area contributed by atoms with Crippen molar-refractivity contribution in [3.8, 4) is 5.88 Å². The van der Waals surface area contributed by atoms with Crippen molar-refractivity contribution in [3.05, 3.63) is 11.8 Å². The summed E-state index contributed by atoms with van der Waals surface area (Å²) in [6.07, 6.45) is 7.35. The van der Waals surface area contributed by atoms with Gasteiger partial charge in [-0.2, -0.15) is 5.10 Å². The highest BCUT2D eigenvalue weighted by molar-refractivity contribution is 5.96. The van der Waals surface area contributed by atoms with Crippen molar-refractivity contribution in [3.63, 3.8) is 0 Å². The molecule has 2 heterocycles. The number of nitrogens with one attached hydrogen (secondary N) is 1. The van der Waals surface area contributed by atoms with E-state index in [9.17, 15) is 4.79 Å². The predicted molar refractivity (Wildman–Crippen MR) is 71.2 cm³/mol. The molecule has 2 unspecified atom stereocenters. The second-order valence-corrected chi connectivity index (χ2v) is 5.63. The summed E-state index contributed by atoms with van der Waals surface area (Å²) in [5.41, 5.74) is 0.581. The Morgan fingerprint density at radius 2 is 2.26 bits per heavy atom. The van der Waals surface area contributed by atoms with Crippen molar-refractivity contribution in [1.29, 1.82) is 0 Å². The second-order valence-electron chi connectivity index (χ2n) is 5.63. The molecule has 0 spiro atoms. The maximum absolute atomic E-state index is 12.3. The molecule has 0 bridgehead atoms. The van der Waals surface area contributed by atoms with Gasteiger partial charge in [0.25, 0.3) is 5.91 Å². The lowest BCUT2D eigenvalue weighted by Gasteiger charge is -2.29. The van der Waals surface area contributed by atoms with E-state index < -0.39 is 0 Å². The van der Waals surface area contributed by atoms with Crippen molar-refractivity contribution in [2.75, 3.05) is 6.61 Å². The van der Waals surface area contributed by atoms with Crippen LogP contribution in [0.4, 0.5) is 0 Å². The van der Waals surface area contributed by atoms with Gasteiger partial charge in [0, 0.05) is 19.0 Å². The minimum atomic E-state index is -0.0399. The van der Waals surface area contributed by atoms with E-state index >= 15 is 0 Å². The number of rotatable bonds is 2. The molecule has 0 aromatic carbocycles. The van der Waals surface area contributed by atoms with Gasteiger partial charge in [-0.1, -0.05) is 19.8 Å². The van der Waals surface area contributed by atoms with Crippen molar-refractivity contribution >= 4 is 5.91 Å². The molecule has 1 N–H and O–H groups in total. The summed E-state index contributed by atoms with van der Waals surface area (Å²) < 4.78 is 7.35. The molecular weight excluding hydrogens is 242 g/mol. The van der Waals surface area contributed by atoms with Crippen LogP contribution in [0, 0.1) is 5.92 Å². The Hall–Kier alpha value is -1.52. The normalized spacial score (nSPS) is 26.4. The van der Waals surface area contributed by atoms with E-state index in [1.165, 1.54) is 19.3 Å². The van der Waals surface area contributed by atoms with E-state index in [2.05, 4.69) is 17.3 Å². The van der Waals surface area contributed by atoms with Crippen LogP contribution in [0.3, 0.4) is 0 Å². The summed E-state index contributed by atoms with van der Waals surface area (Å²) >= 11 is 0. The minimum absolute atomic E-state index is 0.0399. The highest BCUT2D eigenvalue weighted by Gasteiger charge is 2.27. The van der Waals surface area contributed by atoms with Gasteiger partial charge in [-0.25, -0.2) is 4.68 Å². The van der Waals surface area contributed by atoms with Crippen molar-refractivity contribution in [1.82, 2.24) is 15.1 Å². The Morgan fingerprint density at radius 3 is 3.11 bits per heavy atom. The molecule has 1 aliphatic heterocycles. The van der Waals surface area contributed by atoms with Crippen LogP contribution in [0.5, 0.6) is 5.88 Å². The van der Waals surface area contributed by atoms with Crippen molar-refractivity contribution in [2.24, 2.45) is 5.92 Å². The molecule has 5 heteroatoms. The standard InChI is InChI=1S/C14H21N3O2/c1-10-5-2-3-6-12(10)16-13(18)11-9-15-17-7-4-8-19-14(11)17/h9-10,12H,2-8H2,1H3,(H,16,18). The first kappa shape index (κ1) is 12.5. The second kappa shape index (κ2) is 5.23. The molecule has 1 aromatic rings. The summed E-state index contributed by atoms with van der Waals surface area (Å²) in [6.45, 7) is 3.72. The fraction of sp³-hybridized carbons (Fsp3) is 0.714. The van der Waals surface area contributed by atoms with Gasteiger partial charge in [0.1, 0.15) is 5.56 Å². The van der Waals surface area contributed by atoms with Crippen LogP contribution in [-0.2, 0) is 6.54 Å². The van der Waals surface area contributed by atoms with E-state index in [-0.39, 0.29) is 5.91 Å². The molecule has 2 atom stereocenters. The average Bonchev–Trinajstić information content (AvgIpc) is 2.85. The van der Waals surface area contributed by atoms with Crippen LogP contribution in [0.2, 0.25) is 0 Å². The Balaban J connectivity index is 1.71. The third kappa shape index (κ3) is 2.46. The van der Waals surface area contributed by atoms with Gasteiger partial charge in [-0.15, -0.1) is 0 Å². The molecule has 0 saturated heterocycles. The third-order valence-electron chi connectivity index (χ3n) is 4.22. The molecular formula is C14H21N3O2. The van der Waals surface area contributed by atoms with E-state index in [0.29, 0.717) is 30.0 Å². The van der Waals surface area contributed by atoms with Gasteiger partial charge in [-0.05, 0) is 18.8 Å². The van der Waals surface area contributed by atoms with Crippen LogP contribution in [0.25, 0.3) is 0 Å². The van der Waals surface area contributed by atoms with Crippen LogP contribution in [0.15, 0.2) is 6.20 Å². The summed E-state index contributed by atoms with van der Waals surface area (Å²) in [5.74, 6) is 1.15. The molecule has 0 radical (unpaired) electrons. The molecule has 1 fully saturated rings. The molecule has 5 nitrogen and oxygen atoms in total. The van der Waals surface area contributed by atoms with Crippen LogP contribution in [-0.4, -0.2) is 28.3 Å². The molecule has 104 valence electrons. The highest BCUT2D eigenvalue weighted by atomic mass is 16.5. The molecule has 1 saturated carbocycles. The number of nitrogens with zero attached hydrogens (tertiary/aromatic N) is 2. The maximum atomic E-state index is 12.3. The van der Waals surface area contributed by atoms with Crippen molar-refractivity contribution < 1.29 is 9.53 Å². The monoisotopic (exact) mass is 263 g/mol. The van der Waals surface area contributed by atoms with E-state index in [1.807, 2.05) is 0 Å². The first-order valence-electron chi connectivity index (χ1n) is 7.25. The number of hydrogen-bond donors (Lipinski definition) is 1. The average molecular weight is 263 g/mol. The topological polar surface area (TPSA) is 56.2 Å². The first-order chi connectivity index (χ1) is 9.25. The lowest BCUT2D eigenvalue weighted by molar-refractivity contribution is 0.0903. The maximum Gasteiger partial charge on any atom is 0.258 e. The van der Waals surface area contributed by atoms with Crippen LogP contribution >= 0.6 is 0 Å². The predicted octanol–water partition coefficient (Wildman–Crippen LogP) is 1.97. The Labute approximate surface area is 113 Å². The number of ether oxygens (including phenoxy) is 1. The summed E-state index contributed by atoms with van der Waals surface area (Å²) in [4.78, 5) is 12.3. The zero-order chi connectivity index (χ0) is 13.2. The molecule has 1 aromatic heterocycles. The van der Waals surface area contributed by atoms with Crippen LogP contribution < -0.4 is 10.1 Å². The number of aryl methyl sites for hydroxylation is 1. The smallest absolute Gasteiger partial charge is 0.258 e. The van der Waals surface area contributed by atoms with Gasteiger partial charge in [0.2, 0.25) is 5.88 Å². The van der Waals surface area contributed by atoms with E-state index in [1.54, 1.807) is 10.9 Å². The zero-order valence-electron chi connectivity index (χ0n) is 11.4. The minimum Gasteiger partial charge on any atom is -0.477 e. The molecule has 1 aliphatic carbocycles. The number of aromatic nitrogens is 2. The fourth-order valence-corrected chi connectivity index (χ4v) is 3.00. The highest BCUT2D eigenvalue weighted by Crippen LogP contribution is 2.26. The summed E-state index contributed by atoms with van der Waals surface area (Å²) in [5, 5.41) is 7.37. The lowest BCUT2D eigenvalue weighted by Crippen LogP contribution is -2.41. The van der Waals surface area contributed by atoms with Gasteiger partial charge in [0.05, 0.1) is 12.8 Å². The lowest BCUT2D eigenvalue weighted by atomic mass is 9.86. The SMILES string of the molecule is CC1CCCCC1NC(=O)c1cnn2c1OCCC2. The van der Waals surface area contributed by atoms with Gasteiger partial charge in [0.15, 0.2) is 0 Å². The number of fused-ring (bicyclic) bond motifs is 1. The van der Waals surface area contributed by atoms with Gasteiger partial charge < -0.3 is 10.1 Å². The fourth-order valence-electron chi connectivity index (χ4n) is 3.00. The number of carbonyl (C=O) groups is 1. The molecule has 3 rings (SSSR count). The van der Waals surface area contributed by atoms with Crippen molar-refractivity contribution in [2.45, 2.75) is 51.6 Å². The van der Waals surface area contributed by atoms with Gasteiger partial charge in [-0.3, -0.25) is 4.79 Å². The number of carbonyl (C=O) groups excluding carboxylic acids is 1. The third-order valence-corrected chi connectivity index (χ3v) is 4.22. The Kier molecular flexibility index (Phi) is 3.44. The molecule has 19 heavy (non-hydrogen) atoms.